The summed E-state index contributed by atoms with van der Waals surface area (Å²) in [6.45, 7) is 8.22. The van der Waals surface area contributed by atoms with Crippen LogP contribution in [0.25, 0.3) is 0 Å². The zero-order valence-electron chi connectivity index (χ0n) is 11.1. The Labute approximate surface area is 104 Å². The van der Waals surface area contributed by atoms with Crippen LogP contribution < -0.4 is 5.73 Å². The topological polar surface area (TPSA) is 49.6 Å². The molecule has 1 amide bonds. The predicted molar refractivity (Wildman–Crippen MR) is 68.6 cm³/mol. The molecular formula is C13H25N3O. The van der Waals surface area contributed by atoms with Gasteiger partial charge in [-0.1, -0.05) is 6.92 Å². The summed E-state index contributed by atoms with van der Waals surface area (Å²) in [6, 6.07) is 1.08. The molecule has 2 fully saturated rings. The van der Waals surface area contributed by atoms with Gasteiger partial charge >= 0.3 is 0 Å². The first-order valence-corrected chi connectivity index (χ1v) is 6.89. The van der Waals surface area contributed by atoms with E-state index in [0.717, 1.165) is 26.1 Å². The lowest BCUT2D eigenvalue weighted by molar-refractivity contribution is -0.129. The van der Waals surface area contributed by atoms with Crippen LogP contribution in [0.2, 0.25) is 0 Å². The van der Waals surface area contributed by atoms with Gasteiger partial charge in [-0.05, 0) is 32.2 Å². The lowest BCUT2D eigenvalue weighted by atomic mass is 10.1. The highest BCUT2D eigenvalue weighted by Gasteiger charge is 2.37. The molecule has 98 valence electrons. The van der Waals surface area contributed by atoms with E-state index in [1.807, 2.05) is 0 Å². The van der Waals surface area contributed by atoms with Crippen molar-refractivity contribution in [3.63, 3.8) is 0 Å². The van der Waals surface area contributed by atoms with Crippen LogP contribution in [-0.2, 0) is 4.79 Å². The molecule has 0 radical (unpaired) electrons. The Hall–Kier alpha value is -0.610. The van der Waals surface area contributed by atoms with Gasteiger partial charge in [-0.15, -0.1) is 0 Å². The molecule has 0 bridgehead atoms. The first-order valence-electron chi connectivity index (χ1n) is 6.89. The van der Waals surface area contributed by atoms with Gasteiger partial charge in [0.25, 0.3) is 0 Å². The molecule has 17 heavy (non-hydrogen) atoms. The lowest BCUT2D eigenvalue weighted by Gasteiger charge is -2.27. The largest absolute Gasteiger partial charge is 0.338 e. The summed E-state index contributed by atoms with van der Waals surface area (Å²) < 4.78 is 0. The van der Waals surface area contributed by atoms with Crippen molar-refractivity contribution in [2.45, 2.75) is 45.2 Å². The summed E-state index contributed by atoms with van der Waals surface area (Å²) in [6.07, 6.45) is 2.98. The van der Waals surface area contributed by atoms with E-state index < -0.39 is 0 Å². The van der Waals surface area contributed by atoms with Crippen molar-refractivity contribution < 1.29 is 4.79 Å². The quantitative estimate of drug-likeness (QED) is 0.784. The van der Waals surface area contributed by atoms with Crippen LogP contribution in [0.1, 0.15) is 33.1 Å². The molecule has 3 atom stereocenters. The summed E-state index contributed by atoms with van der Waals surface area (Å²) in [5.41, 5.74) is 5.66. The van der Waals surface area contributed by atoms with Crippen molar-refractivity contribution in [2.75, 3.05) is 26.2 Å². The van der Waals surface area contributed by atoms with E-state index in [4.69, 9.17) is 5.73 Å². The van der Waals surface area contributed by atoms with E-state index in [2.05, 4.69) is 23.6 Å². The lowest BCUT2D eigenvalue weighted by Crippen LogP contribution is -2.40. The van der Waals surface area contributed by atoms with Gasteiger partial charge in [0.1, 0.15) is 0 Å². The minimum atomic E-state index is 0.316. The molecule has 2 N–H and O–H groups in total. The molecule has 0 aromatic heterocycles. The number of hydrogen-bond donors (Lipinski definition) is 1. The molecular weight excluding hydrogens is 214 g/mol. The third-order valence-electron chi connectivity index (χ3n) is 4.42. The number of rotatable bonds is 4. The van der Waals surface area contributed by atoms with Crippen molar-refractivity contribution in [3.05, 3.63) is 0 Å². The van der Waals surface area contributed by atoms with Gasteiger partial charge < -0.3 is 10.6 Å². The normalized spacial score (nSPS) is 32.4. The zero-order chi connectivity index (χ0) is 12.4. The number of amides is 1. The highest BCUT2D eigenvalue weighted by molar-refractivity contribution is 5.79. The van der Waals surface area contributed by atoms with Crippen LogP contribution >= 0.6 is 0 Å². The molecule has 2 saturated heterocycles. The summed E-state index contributed by atoms with van der Waals surface area (Å²) in [7, 11) is 0. The van der Waals surface area contributed by atoms with Crippen LogP contribution in [0.5, 0.6) is 0 Å². The Morgan fingerprint density at radius 2 is 2.24 bits per heavy atom. The zero-order valence-corrected chi connectivity index (χ0v) is 11.1. The minimum absolute atomic E-state index is 0.316. The molecule has 0 aromatic rings. The SMILES string of the molecule is CCC(C)N1CCC(N2CC(CN)CC2=O)C1. The van der Waals surface area contributed by atoms with Crippen molar-refractivity contribution in [2.24, 2.45) is 11.7 Å². The molecule has 0 saturated carbocycles. The standard InChI is InChI=1S/C13H25N3O/c1-3-10(2)15-5-4-12(9-15)16-8-11(7-14)6-13(16)17/h10-12H,3-9,14H2,1-2H3. The predicted octanol–water partition coefficient (Wildman–Crippen LogP) is 0.666. The number of nitrogens with zero attached hydrogens (tertiary/aromatic N) is 2. The Morgan fingerprint density at radius 3 is 2.82 bits per heavy atom. The van der Waals surface area contributed by atoms with Crippen LogP contribution in [0.3, 0.4) is 0 Å². The van der Waals surface area contributed by atoms with Crippen molar-refractivity contribution in [3.8, 4) is 0 Å². The van der Waals surface area contributed by atoms with Gasteiger partial charge in [-0.25, -0.2) is 0 Å². The van der Waals surface area contributed by atoms with E-state index >= 15 is 0 Å². The maximum absolute atomic E-state index is 11.9. The molecule has 2 aliphatic rings. The second-order valence-corrected chi connectivity index (χ2v) is 5.55. The van der Waals surface area contributed by atoms with Gasteiger partial charge in [0, 0.05) is 38.1 Å². The van der Waals surface area contributed by atoms with Crippen LogP contribution in [-0.4, -0.2) is 54.0 Å². The third-order valence-corrected chi connectivity index (χ3v) is 4.42. The third kappa shape index (κ3) is 2.63. The molecule has 2 heterocycles. The smallest absolute Gasteiger partial charge is 0.223 e. The Morgan fingerprint density at radius 1 is 1.47 bits per heavy atom. The molecule has 0 spiro atoms. The monoisotopic (exact) mass is 239 g/mol. The fourth-order valence-corrected chi connectivity index (χ4v) is 3.00. The molecule has 0 aromatic carbocycles. The van der Waals surface area contributed by atoms with Crippen LogP contribution in [0, 0.1) is 5.92 Å². The van der Waals surface area contributed by atoms with Gasteiger partial charge in [0.05, 0.1) is 0 Å². The van der Waals surface area contributed by atoms with E-state index in [1.165, 1.54) is 6.42 Å². The van der Waals surface area contributed by atoms with Crippen molar-refractivity contribution >= 4 is 5.91 Å². The van der Waals surface area contributed by atoms with Crippen LogP contribution in [0.15, 0.2) is 0 Å². The Balaban J connectivity index is 1.90. The summed E-state index contributed by atoms with van der Waals surface area (Å²) in [5.74, 6) is 0.705. The van der Waals surface area contributed by atoms with E-state index in [9.17, 15) is 4.79 Å². The molecule has 2 rings (SSSR count). The molecule has 4 heteroatoms. The fourth-order valence-electron chi connectivity index (χ4n) is 3.00. The highest BCUT2D eigenvalue weighted by Crippen LogP contribution is 2.25. The van der Waals surface area contributed by atoms with E-state index in [0.29, 0.717) is 36.9 Å². The maximum atomic E-state index is 11.9. The van der Waals surface area contributed by atoms with Gasteiger partial charge in [-0.2, -0.15) is 0 Å². The average Bonchev–Trinajstić information content (AvgIpc) is 2.94. The molecule has 0 aliphatic carbocycles. The Kier molecular flexibility index (Phi) is 4.05. The number of carbonyl (C=O) groups excluding carboxylic acids is 1. The van der Waals surface area contributed by atoms with Gasteiger partial charge in [0.2, 0.25) is 5.91 Å². The van der Waals surface area contributed by atoms with Crippen molar-refractivity contribution in [1.82, 2.24) is 9.80 Å². The fraction of sp³-hybridized carbons (Fsp3) is 0.923. The Bertz CT molecular complexity index is 282. The highest BCUT2D eigenvalue weighted by atomic mass is 16.2. The molecule has 3 unspecified atom stereocenters. The van der Waals surface area contributed by atoms with E-state index in [1.54, 1.807) is 0 Å². The van der Waals surface area contributed by atoms with Gasteiger partial charge in [0.15, 0.2) is 0 Å². The minimum Gasteiger partial charge on any atom is -0.338 e. The number of nitrogens with two attached hydrogens (primary N) is 1. The van der Waals surface area contributed by atoms with Crippen LogP contribution in [0.4, 0.5) is 0 Å². The second-order valence-electron chi connectivity index (χ2n) is 5.55. The second kappa shape index (κ2) is 5.36. The summed E-state index contributed by atoms with van der Waals surface area (Å²) >= 11 is 0. The molecule has 4 nitrogen and oxygen atoms in total. The number of hydrogen-bond acceptors (Lipinski definition) is 3. The maximum Gasteiger partial charge on any atom is 0.223 e. The van der Waals surface area contributed by atoms with E-state index in [-0.39, 0.29) is 0 Å². The summed E-state index contributed by atoms with van der Waals surface area (Å²) in [4.78, 5) is 16.5. The average molecular weight is 239 g/mol. The molecule has 2 aliphatic heterocycles. The summed E-state index contributed by atoms with van der Waals surface area (Å²) in [5, 5.41) is 0. The first-order chi connectivity index (χ1) is 8.15. The first kappa shape index (κ1) is 12.8. The van der Waals surface area contributed by atoms with Crippen molar-refractivity contribution in [1.29, 1.82) is 0 Å². The number of likely N-dealkylation sites (tertiary alicyclic amines) is 2. The number of carbonyl (C=O) groups is 1. The van der Waals surface area contributed by atoms with Gasteiger partial charge in [-0.3, -0.25) is 9.69 Å².